The van der Waals surface area contributed by atoms with Gasteiger partial charge < -0.3 is 14.4 Å². The van der Waals surface area contributed by atoms with Crippen LogP contribution in [0.1, 0.15) is 24.2 Å². The van der Waals surface area contributed by atoms with E-state index in [1.165, 1.54) is 49.5 Å². The number of nitro groups is 1. The van der Waals surface area contributed by atoms with Gasteiger partial charge in [0.25, 0.3) is 11.6 Å². The van der Waals surface area contributed by atoms with E-state index in [1.54, 1.807) is 0 Å². The first-order valence-electron chi connectivity index (χ1n) is 10.3. The van der Waals surface area contributed by atoms with Crippen LogP contribution < -0.4 is 14.4 Å². The fourth-order valence-electron chi connectivity index (χ4n) is 3.40. The molecule has 0 atom stereocenters. The lowest BCUT2D eigenvalue weighted by atomic mass is 10.1. The number of aromatic nitrogens is 1. The smallest absolute Gasteiger partial charge is 0.286 e. The highest BCUT2D eigenvalue weighted by atomic mass is 35.5. The zero-order chi connectivity index (χ0) is 24.1. The Bertz CT molecular complexity index is 1170. The van der Waals surface area contributed by atoms with Crippen molar-refractivity contribution in [3.8, 4) is 11.5 Å². The number of nitrogens with zero attached hydrogens (tertiary/aromatic N) is 4. The number of nitro benzene ring substituents is 1. The number of fused-ring (bicyclic) bond motifs is 1. The summed E-state index contributed by atoms with van der Waals surface area (Å²) in [6, 6.07) is 6.66. The topological polar surface area (TPSA) is 98.0 Å². The second-order valence-corrected chi connectivity index (χ2v) is 8.08. The second kappa shape index (κ2) is 11.9. The van der Waals surface area contributed by atoms with Crippen molar-refractivity contribution < 1.29 is 23.6 Å². The van der Waals surface area contributed by atoms with Gasteiger partial charge in [0.2, 0.25) is 0 Å². The molecule has 0 aliphatic rings. The summed E-state index contributed by atoms with van der Waals surface area (Å²) in [5.41, 5.74) is -0.0147. The first kappa shape index (κ1) is 27.2. The van der Waals surface area contributed by atoms with Gasteiger partial charge >= 0.3 is 0 Å². The van der Waals surface area contributed by atoms with E-state index >= 15 is 0 Å². The average Bonchev–Trinajstić information content (AvgIpc) is 3.23. The van der Waals surface area contributed by atoms with E-state index in [0.29, 0.717) is 21.9 Å². The maximum atomic E-state index is 13.7. The summed E-state index contributed by atoms with van der Waals surface area (Å²) in [4.78, 5) is 32.8. The molecule has 1 aromatic heterocycles. The van der Waals surface area contributed by atoms with Gasteiger partial charge in [-0.2, -0.15) is 0 Å². The maximum Gasteiger partial charge on any atom is 0.286 e. The molecule has 1 amide bonds. The molecule has 34 heavy (non-hydrogen) atoms. The number of thiazole rings is 1. The van der Waals surface area contributed by atoms with E-state index in [4.69, 9.17) is 9.47 Å². The van der Waals surface area contributed by atoms with E-state index in [-0.39, 0.29) is 36.0 Å². The Kier molecular flexibility index (Phi) is 9.54. The Balaban J connectivity index is 0.00000408. The summed E-state index contributed by atoms with van der Waals surface area (Å²) >= 11 is 1.15. The molecule has 0 saturated heterocycles. The monoisotopic (exact) mass is 512 g/mol. The lowest BCUT2D eigenvalue weighted by Gasteiger charge is -2.25. The van der Waals surface area contributed by atoms with E-state index in [9.17, 15) is 19.3 Å². The predicted molar refractivity (Wildman–Crippen MR) is 132 cm³/mol. The number of benzene rings is 2. The third kappa shape index (κ3) is 5.72. The molecule has 184 valence electrons. The van der Waals surface area contributed by atoms with Gasteiger partial charge in [0.1, 0.15) is 11.4 Å². The largest absolute Gasteiger partial charge is 0.493 e. The Morgan fingerprint density at radius 2 is 1.76 bits per heavy atom. The van der Waals surface area contributed by atoms with Gasteiger partial charge in [0.15, 0.2) is 16.6 Å². The fraction of sp³-hybridized carbons (Fsp3) is 0.364. The van der Waals surface area contributed by atoms with Crippen LogP contribution in [-0.2, 0) is 0 Å². The third-order valence-corrected chi connectivity index (χ3v) is 6.32. The molecule has 0 unspecified atom stereocenters. The van der Waals surface area contributed by atoms with E-state index < -0.39 is 22.3 Å². The number of carbonyl (C=O) groups excluding carboxylic acids is 1. The summed E-state index contributed by atoms with van der Waals surface area (Å²) < 4.78 is 24.7. The van der Waals surface area contributed by atoms with E-state index in [1.807, 2.05) is 13.8 Å². The highest BCUT2D eigenvalue weighted by Crippen LogP contribution is 2.37. The lowest BCUT2D eigenvalue weighted by molar-refractivity contribution is -0.385. The molecule has 9 nitrogen and oxygen atoms in total. The van der Waals surface area contributed by atoms with Gasteiger partial charge in [0, 0.05) is 19.2 Å². The van der Waals surface area contributed by atoms with Crippen LogP contribution in [0.4, 0.5) is 15.2 Å². The quantitative estimate of drug-likeness (QED) is 0.285. The molecule has 1 heterocycles. The van der Waals surface area contributed by atoms with Crippen LogP contribution in [0.2, 0.25) is 0 Å². The Morgan fingerprint density at radius 3 is 2.35 bits per heavy atom. The standard InChI is InChI=1S/C22H25FN4O5S.ClH/c1-5-25(6-2)9-10-26(22-24-16-8-7-14(23)11-20(16)33-22)21(28)15-12-18(31-3)19(32-4)13-17(15)27(29)30;/h7-8,11-13H,5-6,9-10H2,1-4H3;1H. The highest BCUT2D eigenvalue weighted by molar-refractivity contribution is 7.22. The number of methoxy groups -OCH3 is 2. The number of ether oxygens (including phenoxy) is 2. The molecule has 3 rings (SSSR count). The first-order valence-corrected chi connectivity index (χ1v) is 11.1. The number of halogens is 2. The van der Waals surface area contributed by atoms with Crippen LogP contribution in [0.5, 0.6) is 11.5 Å². The van der Waals surface area contributed by atoms with Gasteiger partial charge in [-0.3, -0.25) is 19.8 Å². The molecule has 0 aliphatic carbocycles. The minimum absolute atomic E-state index is 0. The average molecular weight is 513 g/mol. The number of hydrogen-bond acceptors (Lipinski definition) is 8. The minimum Gasteiger partial charge on any atom is -0.493 e. The number of anilines is 1. The second-order valence-electron chi connectivity index (χ2n) is 7.07. The predicted octanol–water partition coefficient (Wildman–Crippen LogP) is 4.77. The van der Waals surface area contributed by atoms with E-state index in [0.717, 1.165) is 24.4 Å². The zero-order valence-corrected chi connectivity index (χ0v) is 20.9. The number of likely N-dealkylation sites (N-methyl/N-ethyl adjacent to an activating group) is 1. The van der Waals surface area contributed by atoms with Crippen molar-refractivity contribution in [2.24, 2.45) is 0 Å². The van der Waals surface area contributed by atoms with Gasteiger partial charge in [-0.25, -0.2) is 9.37 Å². The van der Waals surface area contributed by atoms with Crippen LogP contribution in [-0.4, -0.2) is 61.1 Å². The molecule has 0 aliphatic heterocycles. The summed E-state index contributed by atoms with van der Waals surface area (Å²) in [5, 5.41) is 12.1. The molecule has 0 N–H and O–H groups in total. The van der Waals surface area contributed by atoms with Gasteiger partial charge in [-0.15, -0.1) is 12.4 Å². The SMILES string of the molecule is CCN(CC)CCN(C(=O)c1cc(OC)c(OC)cc1[N+](=O)[O-])c1nc2ccc(F)cc2s1.Cl. The van der Waals surface area contributed by atoms with Gasteiger partial charge in [0.05, 0.1) is 35.4 Å². The van der Waals surface area contributed by atoms with Crippen molar-refractivity contribution >= 4 is 50.7 Å². The summed E-state index contributed by atoms with van der Waals surface area (Å²) in [5.74, 6) is -0.670. The van der Waals surface area contributed by atoms with Crippen molar-refractivity contribution in [1.29, 1.82) is 0 Å². The molecular weight excluding hydrogens is 487 g/mol. The number of carbonyl (C=O) groups is 1. The maximum absolute atomic E-state index is 13.7. The number of hydrogen-bond donors (Lipinski definition) is 0. The van der Waals surface area contributed by atoms with Gasteiger partial charge in [-0.05, 0) is 31.3 Å². The molecule has 0 bridgehead atoms. The van der Waals surface area contributed by atoms with Crippen LogP contribution in [0, 0.1) is 15.9 Å². The number of rotatable bonds is 10. The molecule has 2 aromatic carbocycles. The molecule has 0 spiro atoms. The number of amides is 1. The molecule has 0 saturated carbocycles. The van der Waals surface area contributed by atoms with Crippen molar-refractivity contribution in [2.45, 2.75) is 13.8 Å². The normalized spacial score (nSPS) is 10.8. The molecule has 12 heteroatoms. The minimum atomic E-state index is -0.633. The first-order chi connectivity index (χ1) is 15.8. The van der Waals surface area contributed by atoms with Crippen LogP contribution in [0.15, 0.2) is 30.3 Å². The Labute approximate surface area is 206 Å². The molecular formula is C22H26ClFN4O5S. The summed E-state index contributed by atoms with van der Waals surface area (Å²) in [6.45, 7) is 6.35. The van der Waals surface area contributed by atoms with Crippen molar-refractivity contribution in [2.75, 3.05) is 45.3 Å². The van der Waals surface area contributed by atoms with Crippen molar-refractivity contribution in [3.63, 3.8) is 0 Å². The van der Waals surface area contributed by atoms with Crippen molar-refractivity contribution in [1.82, 2.24) is 9.88 Å². The molecule has 3 aromatic rings. The van der Waals surface area contributed by atoms with Crippen molar-refractivity contribution in [3.05, 3.63) is 51.8 Å². The van der Waals surface area contributed by atoms with Crippen LogP contribution in [0.25, 0.3) is 10.2 Å². The third-order valence-electron chi connectivity index (χ3n) is 5.28. The van der Waals surface area contributed by atoms with E-state index in [2.05, 4.69) is 9.88 Å². The highest BCUT2D eigenvalue weighted by Gasteiger charge is 2.30. The fourth-order valence-corrected chi connectivity index (χ4v) is 4.42. The van der Waals surface area contributed by atoms with Crippen LogP contribution in [0.3, 0.4) is 0 Å². The molecule has 0 fully saturated rings. The summed E-state index contributed by atoms with van der Waals surface area (Å²) in [6.07, 6.45) is 0. The Hall–Kier alpha value is -3.02. The zero-order valence-electron chi connectivity index (χ0n) is 19.2. The molecule has 0 radical (unpaired) electrons. The van der Waals surface area contributed by atoms with Gasteiger partial charge in [-0.1, -0.05) is 25.2 Å². The van der Waals surface area contributed by atoms with Crippen LogP contribution >= 0.6 is 23.7 Å². The Morgan fingerprint density at radius 1 is 1.12 bits per heavy atom. The lowest BCUT2D eigenvalue weighted by Crippen LogP contribution is -2.39. The summed E-state index contributed by atoms with van der Waals surface area (Å²) in [7, 11) is 2.75.